The highest BCUT2D eigenvalue weighted by Crippen LogP contribution is 2.20. The second-order valence-electron chi connectivity index (χ2n) is 4.96. The van der Waals surface area contributed by atoms with Gasteiger partial charge in [-0.2, -0.15) is 5.10 Å². The highest BCUT2D eigenvalue weighted by molar-refractivity contribution is 5.86. The average molecular weight is 297 g/mol. The van der Waals surface area contributed by atoms with Gasteiger partial charge in [0.05, 0.1) is 0 Å². The number of hydrogen-bond acceptors (Lipinski definition) is 5. The van der Waals surface area contributed by atoms with Gasteiger partial charge >= 0.3 is 12.0 Å². The fraction of sp³-hybridized carbons (Fsp3) is 0.667. The molecule has 0 aliphatic carbocycles. The molecule has 2 rings (SSSR count). The van der Waals surface area contributed by atoms with Crippen molar-refractivity contribution >= 4 is 12.0 Å². The van der Waals surface area contributed by atoms with E-state index in [1.807, 2.05) is 0 Å². The molecule has 116 valence electrons. The van der Waals surface area contributed by atoms with Crippen molar-refractivity contribution in [1.82, 2.24) is 25.4 Å². The Morgan fingerprint density at radius 3 is 2.76 bits per heavy atom. The Labute approximate surface area is 121 Å². The summed E-state index contributed by atoms with van der Waals surface area (Å²) in [5.74, 6) is -0.413. The van der Waals surface area contributed by atoms with Crippen LogP contribution in [0, 0.1) is 0 Å². The number of nitrogens with one attached hydrogen (secondary N) is 2. The van der Waals surface area contributed by atoms with Gasteiger partial charge in [-0.05, 0) is 0 Å². The van der Waals surface area contributed by atoms with E-state index in [4.69, 9.17) is 4.74 Å². The van der Waals surface area contributed by atoms with Gasteiger partial charge in [0.1, 0.15) is 11.9 Å². The van der Waals surface area contributed by atoms with Crippen molar-refractivity contribution in [3.8, 4) is 0 Å². The van der Waals surface area contributed by atoms with Crippen LogP contribution in [0.3, 0.4) is 0 Å². The number of amides is 2. The Balaban J connectivity index is 1.81. The van der Waals surface area contributed by atoms with Crippen LogP contribution < -0.4 is 10.6 Å². The molecule has 3 N–H and O–H groups in total. The average Bonchev–Trinajstić information content (AvgIpc) is 2.85. The molecule has 0 saturated carbocycles. The maximum atomic E-state index is 11.8. The lowest BCUT2D eigenvalue weighted by Crippen LogP contribution is -2.59. The van der Waals surface area contributed by atoms with E-state index >= 15 is 0 Å². The van der Waals surface area contributed by atoms with E-state index in [2.05, 4.69) is 20.7 Å². The number of carboxylic acid groups (broad SMARTS) is 1. The van der Waals surface area contributed by atoms with Gasteiger partial charge in [0.25, 0.3) is 0 Å². The summed E-state index contributed by atoms with van der Waals surface area (Å²) in [6.45, 7) is 0.983. The van der Waals surface area contributed by atoms with Crippen molar-refractivity contribution in [3.05, 3.63) is 12.2 Å². The summed E-state index contributed by atoms with van der Waals surface area (Å²) < 4.78 is 6.72. The molecule has 1 saturated heterocycles. The fourth-order valence-electron chi connectivity index (χ4n) is 2.16. The first-order valence-electron chi connectivity index (χ1n) is 6.73. The summed E-state index contributed by atoms with van der Waals surface area (Å²) in [5.41, 5.74) is -1.24. The Kier molecular flexibility index (Phi) is 4.73. The number of rotatable bonds is 5. The lowest BCUT2D eigenvalue weighted by molar-refractivity contribution is -0.148. The van der Waals surface area contributed by atoms with E-state index in [-0.39, 0.29) is 12.8 Å². The first-order valence-corrected chi connectivity index (χ1v) is 6.73. The molecule has 1 aliphatic heterocycles. The van der Waals surface area contributed by atoms with Crippen LogP contribution in [0.15, 0.2) is 6.33 Å². The number of urea groups is 1. The van der Waals surface area contributed by atoms with Crippen LogP contribution in [0.1, 0.15) is 18.7 Å². The van der Waals surface area contributed by atoms with Crippen LogP contribution >= 0.6 is 0 Å². The minimum absolute atomic E-state index is 0.261. The monoisotopic (exact) mass is 297 g/mol. The molecule has 1 aromatic rings. The minimum Gasteiger partial charge on any atom is -0.480 e. The predicted molar refractivity (Wildman–Crippen MR) is 71.7 cm³/mol. The highest BCUT2D eigenvalue weighted by atomic mass is 16.5. The molecule has 2 amide bonds. The summed E-state index contributed by atoms with van der Waals surface area (Å²) >= 11 is 0. The van der Waals surface area contributed by atoms with Gasteiger partial charge in [-0.1, -0.05) is 0 Å². The van der Waals surface area contributed by atoms with Gasteiger partial charge in [0.15, 0.2) is 5.82 Å². The molecule has 1 fully saturated rings. The van der Waals surface area contributed by atoms with Crippen LogP contribution in [0.4, 0.5) is 4.79 Å². The van der Waals surface area contributed by atoms with Gasteiger partial charge in [0.2, 0.25) is 0 Å². The first-order chi connectivity index (χ1) is 10.0. The molecule has 9 heteroatoms. The zero-order valence-corrected chi connectivity index (χ0v) is 11.8. The van der Waals surface area contributed by atoms with E-state index in [0.29, 0.717) is 32.0 Å². The molecular formula is C12H19N5O4. The molecule has 0 bridgehead atoms. The third-order valence-corrected chi connectivity index (χ3v) is 3.39. The SMILES string of the molecule is Cn1cnc(CCNC(=O)NC2(C(=O)O)CCOCC2)n1. The van der Waals surface area contributed by atoms with Crippen LogP contribution in [-0.2, 0) is 23.0 Å². The molecule has 1 aromatic heterocycles. The van der Waals surface area contributed by atoms with E-state index in [0.717, 1.165) is 0 Å². The molecule has 1 aliphatic rings. The smallest absolute Gasteiger partial charge is 0.329 e. The van der Waals surface area contributed by atoms with Crippen LogP contribution in [-0.4, -0.2) is 57.2 Å². The number of aromatic nitrogens is 3. The number of aryl methyl sites for hydroxylation is 1. The van der Waals surface area contributed by atoms with E-state index in [9.17, 15) is 14.7 Å². The summed E-state index contributed by atoms with van der Waals surface area (Å²) in [4.78, 5) is 27.3. The lowest BCUT2D eigenvalue weighted by Gasteiger charge is -2.33. The molecule has 0 radical (unpaired) electrons. The quantitative estimate of drug-likeness (QED) is 0.661. The highest BCUT2D eigenvalue weighted by Gasteiger charge is 2.41. The lowest BCUT2D eigenvalue weighted by atomic mass is 9.90. The third kappa shape index (κ3) is 3.91. The fourth-order valence-corrected chi connectivity index (χ4v) is 2.16. The minimum atomic E-state index is -1.24. The molecule has 2 heterocycles. The van der Waals surface area contributed by atoms with Gasteiger partial charge in [-0.3, -0.25) is 4.68 Å². The Morgan fingerprint density at radius 1 is 1.48 bits per heavy atom. The summed E-state index contributed by atoms with van der Waals surface area (Å²) in [5, 5.41) is 18.6. The van der Waals surface area contributed by atoms with E-state index < -0.39 is 17.5 Å². The number of aliphatic carboxylic acids is 1. The number of hydrogen-bond donors (Lipinski definition) is 3. The molecule has 0 unspecified atom stereocenters. The van der Waals surface area contributed by atoms with Gasteiger partial charge in [-0.25, -0.2) is 14.6 Å². The van der Waals surface area contributed by atoms with Crippen molar-refractivity contribution in [1.29, 1.82) is 0 Å². The Bertz CT molecular complexity index is 510. The first kappa shape index (κ1) is 15.2. The summed E-state index contributed by atoms with van der Waals surface area (Å²) in [6, 6.07) is -0.504. The third-order valence-electron chi connectivity index (χ3n) is 3.39. The number of nitrogens with zero attached hydrogens (tertiary/aromatic N) is 3. The number of carboxylic acids is 1. The molecule has 9 nitrogen and oxygen atoms in total. The summed E-state index contributed by atoms with van der Waals surface area (Å²) in [6.07, 6.45) is 2.59. The van der Waals surface area contributed by atoms with Crippen molar-refractivity contribution in [2.24, 2.45) is 7.05 Å². The van der Waals surface area contributed by atoms with Crippen LogP contribution in [0.5, 0.6) is 0 Å². The van der Waals surface area contributed by atoms with E-state index in [1.54, 1.807) is 18.1 Å². The van der Waals surface area contributed by atoms with E-state index in [1.165, 1.54) is 0 Å². The standard InChI is InChI=1S/C12H19N5O4/c1-17-8-14-9(16-17)2-5-13-11(20)15-12(10(18)19)3-6-21-7-4-12/h8H,2-7H2,1H3,(H,18,19)(H2,13,15,20). The topological polar surface area (TPSA) is 118 Å². The zero-order valence-electron chi connectivity index (χ0n) is 11.8. The van der Waals surface area contributed by atoms with Crippen molar-refractivity contribution in [2.75, 3.05) is 19.8 Å². The number of carbonyl (C=O) groups excluding carboxylic acids is 1. The predicted octanol–water partition coefficient (Wildman–Crippen LogP) is -0.709. The van der Waals surface area contributed by atoms with Gasteiger partial charge in [0, 0.05) is 46.1 Å². The second-order valence-corrected chi connectivity index (χ2v) is 4.96. The zero-order chi connectivity index (χ0) is 15.3. The van der Waals surface area contributed by atoms with Gasteiger partial charge in [-0.15, -0.1) is 0 Å². The largest absolute Gasteiger partial charge is 0.480 e. The molecule has 0 spiro atoms. The van der Waals surface area contributed by atoms with Crippen molar-refractivity contribution in [2.45, 2.75) is 24.8 Å². The van der Waals surface area contributed by atoms with Gasteiger partial charge < -0.3 is 20.5 Å². The maximum absolute atomic E-state index is 11.8. The normalized spacial score (nSPS) is 17.2. The molecular weight excluding hydrogens is 278 g/mol. The van der Waals surface area contributed by atoms with Crippen molar-refractivity contribution in [3.63, 3.8) is 0 Å². The second kappa shape index (κ2) is 6.53. The Hall–Kier alpha value is -2.16. The maximum Gasteiger partial charge on any atom is 0.329 e. The van der Waals surface area contributed by atoms with Crippen molar-refractivity contribution < 1.29 is 19.4 Å². The van der Waals surface area contributed by atoms with Crippen LogP contribution in [0.2, 0.25) is 0 Å². The summed E-state index contributed by atoms with van der Waals surface area (Å²) in [7, 11) is 1.76. The number of ether oxygens (including phenoxy) is 1. The molecule has 21 heavy (non-hydrogen) atoms. The number of carbonyl (C=O) groups is 2. The van der Waals surface area contributed by atoms with Crippen LogP contribution in [0.25, 0.3) is 0 Å². The molecule has 0 aromatic carbocycles. The molecule has 0 atom stereocenters. The Morgan fingerprint density at radius 2 is 2.19 bits per heavy atom.